The van der Waals surface area contributed by atoms with Gasteiger partial charge >= 0.3 is 0 Å². The Kier molecular flexibility index (Phi) is 3.31. The molecule has 0 aliphatic heterocycles. The average Bonchev–Trinajstić information content (AvgIpc) is 2.73. The van der Waals surface area contributed by atoms with Crippen LogP contribution < -0.4 is 5.32 Å². The summed E-state index contributed by atoms with van der Waals surface area (Å²) in [7, 11) is 1.87. The van der Waals surface area contributed by atoms with Gasteiger partial charge in [0, 0.05) is 18.3 Å². The van der Waals surface area contributed by atoms with Gasteiger partial charge in [-0.25, -0.2) is 0 Å². The van der Waals surface area contributed by atoms with Crippen molar-refractivity contribution in [1.82, 2.24) is 9.78 Å². The summed E-state index contributed by atoms with van der Waals surface area (Å²) in [6.45, 7) is 0.581. The molecule has 0 atom stereocenters. The van der Waals surface area contributed by atoms with Crippen molar-refractivity contribution in [2.24, 2.45) is 7.05 Å². The summed E-state index contributed by atoms with van der Waals surface area (Å²) in [5, 5.41) is 16.9. The van der Waals surface area contributed by atoms with E-state index in [1.54, 1.807) is 22.9 Å². The fourth-order valence-corrected chi connectivity index (χ4v) is 1.68. The Morgan fingerprint density at radius 1 is 1.47 bits per heavy atom. The number of rotatable bonds is 3. The largest absolute Gasteiger partial charge is 0.378 e. The minimum atomic E-state index is 0.536. The maximum Gasteiger partial charge on any atom is 0.101 e. The fraction of sp³-hybridized carbons (Fsp3) is 0.167. The summed E-state index contributed by atoms with van der Waals surface area (Å²) in [4.78, 5) is 0. The highest BCUT2D eigenvalue weighted by Crippen LogP contribution is 2.20. The van der Waals surface area contributed by atoms with Crippen LogP contribution in [0.15, 0.2) is 30.5 Å². The van der Waals surface area contributed by atoms with Gasteiger partial charge in [0.1, 0.15) is 6.07 Å². The van der Waals surface area contributed by atoms with E-state index in [0.29, 0.717) is 17.1 Å². The summed E-state index contributed by atoms with van der Waals surface area (Å²) < 4.78 is 1.74. The summed E-state index contributed by atoms with van der Waals surface area (Å²) in [6, 6.07) is 9.22. The molecule has 1 aromatic heterocycles. The van der Waals surface area contributed by atoms with Gasteiger partial charge in [0.05, 0.1) is 23.5 Å². The Balaban J connectivity index is 2.12. The van der Waals surface area contributed by atoms with E-state index in [1.165, 1.54) is 0 Å². The van der Waals surface area contributed by atoms with Crippen molar-refractivity contribution in [3.8, 4) is 6.07 Å². The van der Waals surface area contributed by atoms with E-state index < -0.39 is 0 Å². The number of hydrogen-bond donors (Lipinski definition) is 1. The maximum atomic E-state index is 8.98. The van der Waals surface area contributed by atoms with Crippen LogP contribution in [-0.2, 0) is 13.6 Å². The number of aromatic nitrogens is 2. The smallest absolute Gasteiger partial charge is 0.101 e. The fourth-order valence-electron chi connectivity index (χ4n) is 1.51. The number of nitrogens with one attached hydrogen (secondary N) is 1. The molecule has 0 bridgehead atoms. The van der Waals surface area contributed by atoms with E-state index in [2.05, 4.69) is 16.5 Å². The third-order valence-corrected chi connectivity index (χ3v) is 2.57. The Labute approximate surface area is 104 Å². The molecular weight excluding hydrogens is 236 g/mol. The van der Waals surface area contributed by atoms with Crippen molar-refractivity contribution in [1.29, 1.82) is 5.26 Å². The predicted octanol–water partition coefficient (Wildman–Crippen LogP) is 2.56. The van der Waals surface area contributed by atoms with E-state index in [9.17, 15) is 0 Å². The average molecular weight is 247 g/mol. The molecule has 0 saturated heterocycles. The van der Waals surface area contributed by atoms with E-state index in [1.807, 2.05) is 19.3 Å². The van der Waals surface area contributed by atoms with E-state index in [4.69, 9.17) is 16.9 Å². The maximum absolute atomic E-state index is 8.98. The zero-order valence-corrected chi connectivity index (χ0v) is 10.1. The molecule has 0 aliphatic carbocycles. The van der Waals surface area contributed by atoms with Crippen molar-refractivity contribution < 1.29 is 0 Å². The normalized spacial score (nSPS) is 9.94. The molecule has 0 aliphatic rings. The monoisotopic (exact) mass is 246 g/mol. The van der Waals surface area contributed by atoms with Gasteiger partial charge in [0.15, 0.2) is 0 Å². The molecule has 0 radical (unpaired) electrons. The first-order valence-electron chi connectivity index (χ1n) is 5.11. The summed E-state index contributed by atoms with van der Waals surface area (Å²) in [6.07, 6.45) is 1.88. The van der Waals surface area contributed by atoms with E-state index >= 15 is 0 Å². The van der Waals surface area contributed by atoms with Crippen LogP contribution in [0.3, 0.4) is 0 Å². The Hall–Kier alpha value is -1.99. The second-order valence-electron chi connectivity index (χ2n) is 3.64. The zero-order valence-electron chi connectivity index (χ0n) is 9.31. The lowest BCUT2D eigenvalue weighted by Gasteiger charge is -2.06. The van der Waals surface area contributed by atoms with Crippen LogP contribution in [0.25, 0.3) is 0 Å². The number of halogens is 1. The van der Waals surface area contributed by atoms with Crippen molar-refractivity contribution in [2.75, 3.05) is 5.32 Å². The number of hydrogen-bond acceptors (Lipinski definition) is 3. The number of nitriles is 1. The zero-order chi connectivity index (χ0) is 12.3. The molecule has 1 N–H and O–H groups in total. The standard InChI is InChI=1S/C12H11ClN4/c1-17-5-4-11(16-17)8-15-12-3-2-10(13)6-9(12)7-14/h2-6,15H,8H2,1H3. The third-order valence-electron chi connectivity index (χ3n) is 2.33. The quantitative estimate of drug-likeness (QED) is 0.906. The Morgan fingerprint density at radius 3 is 2.94 bits per heavy atom. The van der Waals surface area contributed by atoms with Crippen LogP contribution in [0, 0.1) is 11.3 Å². The van der Waals surface area contributed by atoms with Crippen molar-refractivity contribution in [3.63, 3.8) is 0 Å². The lowest BCUT2D eigenvalue weighted by Crippen LogP contribution is -2.02. The molecule has 0 unspecified atom stereocenters. The van der Waals surface area contributed by atoms with Gasteiger partial charge in [0.25, 0.3) is 0 Å². The minimum absolute atomic E-state index is 0.536. The highest BCUT2D eigenvalue weighted by atomic mass is 35.5. The summed E-state index contributed by atoms with van der Waals surface area (Å²) >= 11 is 5.82. The second-order valence-corrected chi connectivity index (χ2v) is 4.07. The van der Waals surface area contributed by atoms with Gasteiger partial charge in [-0.05, 0) is 24.3 Å². The van der Waals surface area contributed by atoms with Crippen LogP contribution in [0.1, 0.15) is 11.3 Å². The topological polar surface area (TPSA) is 53.6 Å². The highest BCUT2D eigenvalue weighted by Gasteiger charge is 2.03. The van der Waals surface area contributed by atoms with Crippen LogP contribution >= 0.6 is 11.6 Å². The van der Waals surface area contributed by atoms with E-state index in [-0.39, 0.29) is 0 Å². The lowest BCUT2D eigenvalue weighted by atomic mass is 10.2. The molecule has 0 fully saturated rings. The van der Waals surface area contributed by atoms with Crippen LogP contribution in [0.4, 0.5) is 5.69 Å². The first-order valence-corrected chi connectivity index (χ1v) is 5.49. The van der Waals surface area contributed by atoms with Gasteiger partial charge in [-0.15, -0.1) is 0 Å². The molecule has 86 valence electrons. The first kappa shape index (κ1) is 11.5. The number of benzene rings is 1. The Morgan fingerprint density at radius 2 is 2.29 bits per heavy atom. The van der Waals surface area contributed by atoms with E-state index in [0.717, 1.165) is 11.4 Å². The van der Waals surface area contributed by atoms with Crippen molar-refractivity contribution in [3.05, 3.63) is 46.7 Å². The van der Waals surface area contributed by atoms with Gasteiger partial charge in [0.2, 0.25) is 0 Å². The molecule has 0 amide bonds. The van der Waals surface area contributed by atoms with Gasteiger partial charge in [-0.3, -0.25) is 4.68 Å². The number of nitrogens with zero attached hydrogens (tertiary/aromatic N) is 3. The van der Waals surface area contributed by atoms with Crippen LogP contribution in [-0.4, -0.2) is 9.78 Å². The SMILES string of the molecule is Cn1ccc(CNc2ccc(Cl)cc2C#N)n1. The van der Waals surface area contributed by atoms with Gasteiger partial charge in [-0.2, -0.15) is 10.4 Å². The van der Waals surface area contributed by atoms with Crippen LogP contribution in [0.2, 0.25) is 5.02 Å². The molecule has 2 rings (SSSR count). The molecule has 5 heteroatoms. The summed E-state index contributed by atoms with van der Waals surface area (Å²) in [5.74, 6) is 0. The summed E-state index contributed by atoms with van der Waals surface area (Å²) in [5.41, 5.74) is 2.22. The van der Waals surface area contributed by atoms with Crippen LogP contribution in [0.5, 0.6) is 0 Å². The molecule has 1 aromatic carbocycles. The molecule has 17 heavy (non-hydrogen) atoms. The molecular formula is C12H11ClN4. The molecule has 2 aromatic rings. The molecule has 0 saturated carbocycles. The molecule has 4 nitrogen and oxygen atoms in total. The van der Waals surface area contributed by atoms with Gasteiger partial charge in [-0.1, -0.05) is 11.6 Å². The van der Waals surface area contributed by atoms with Crippen molar-refractivity contribution >= 4 is 17.3 Å². The molecule has 1 heterocycles. The highest BCUT2D eigenvalue weighted by molar-refractivity contribution is 6.30. The minimum Gasteiger partial charge on any atom is -0.378 e. The van der Waals surface area contributed by atoms with Crippen molar-refractivity contribution in [2.45, 2.75) is 6.54 Å². The second kappa shape index (κ2) is 4.89. The Bertz CT molecular complexity index is 568. The number of anilines is 1. The number of aryl methyl sites for hydroxylation is 1. The molecule has 0 spiro atoms. The lowest BCUT2D eigenvalue weighted by molar-refractivity contribution is 0.747. The third kappa shape index (κ3) is 2.77. The predicted molar refractivity (Wildman–Crippen MR) is 66.7 cm³/mol. The first-order chi connectivity index (χ1) is 8.19. The van der Waals surface area contributed by atoms with Gasteiger partial charge < -0.3 is 5.32 Å².